The van der Waals surface area contributed by atoms with Crippen molar-refractivity contribution in [2.24, 2.45) is 11.1 Å². The van der Waals surface area contributed by atoms with E-state index in [1.54, 1.807) is 13.8 Å². The molecule has 0 radical (unpaired) electrons. The monoisotopic (exact) mass is 212 g/mol. The number of hydrogen-bond acceptors (Lipinski definition) is 5. The van der Waals surface area contributed by atoms with Crippen LogP contribution in [0.1, 0.15) is 24.5 Å². The molecule has 0 aromatic carbocycles. The summed E-state index contributed by atoms with van der Waals surface area (Å²) in [6.45, 7) is 3.38. The molecule has 2 amide bonds. The molecule has 0 atom stereocenters. The highest BCUT2D eigenvalue weighted by atomic mass is 16.2. The number of rotatable bonds is 4. The van der Waals surface area contributed by atoms with Gasteiger partial charge in [0.15, 0.2) is 0 Å². The first-order chi connectivity index (χ1) is 6.93. The van der Waals surface area contributed by atoms with Crippen LogP contribution in [0.15, 0.2) is 0 Å². The van der Waals surface area contributed by atoms with Crippen LogP contribution in [-0.4, -0.2) is 39.0 Å². The number of aromatic nitrogens is 4. The Balaban J connectivity index is 2.51. The van der Waals surface area contributed by atoms with Crippen LogP contribution in [0.25, 0.3) is 0 Å². The van der Waals surface area contributed by atoms with Crippen molar-refractivity contribution in [3.63, 3.8) is 0 Å². The predicted octanol–water partition coefficient (Wildman–Crippen LogP) is -1.56. The fraction of sp³-hybridized carbons (Fsp3) is 0.571. The molecule has 8 heteroatoms. The normalized spacial score (nSPS) is 11.1. The lowest BCUT2D eigenvalue weighted by Crippen LogP contribution is -2.42. The van der Waals surface area contributed by atoms with Crippen LogP contribution in [0, 0.1) is 5.41 Å². The van der Waals surface area contributed by atoms with Crippen molar-refractivity contribution in [1.82, 2.24) is 25.9 Å². The number of H-pyrrole nitrogens is 1. The van der Waals surface area contributed by atoms with Crippen molar-refractivity contribution in [3.05, 3.63) is 5.82 Å². The summed E-state index contributed by atoms with van der Waals surface area (Å²) in [5.41, 5.74) is 4.33. The molecule has 82 valence electrons. The van der Waals surface area contributed by atoms with Crippen molar-refractivity contribution in [2.45, 2.75) is 13.8 Å². The number of primary amides is 1. The van der Waals surface area contributed by atoms with Gasteiger partial charge in [0.05, 0.1) is 5.41 Å². The Morgan fingerprint density at radius 1 is 1.53 bits per heavy atom. The number of carbonyl (C=O) groups is 2. The van der Waals surface area contributed by atoms with E-state index in [9.17, 15) is 9.59 Å². The smallest absolute Gasteiger partial charge is 0.292 e. The number of hydrogen-bond donors (Lipinski definition) is 3. The molecular weight excluding hydrogens is 200 g/mol. The number of nitrogens with zero attached hydrogens (tertiary/aromatic N) is 3. The molecule has 0 spiro atoms. The Labute approximate surface area is 85.6 Å². The van der Waals surface area contributed by atoms with Gasteiger partial charge in [-0.15, -0.1) is 10.2 Å². The summed E-state index contributed by atoms with van der Waals surface area (Å²) < 4.78 is 0. The average molecular weight is 212 g/mol. The number of amides is 2. The van der Waals surface area contributed by atoms with Gasteiger partial charge in [0.25, 0.3) is 11.7 Å². The largest absolute Gasteiger partial charge is 0.369 e. The highest BCUT2D eigenvalue weighted by molar-refractivity contribution is 5.90. The highest BCUT2D eigenvalue weighted by Crippen LogP contribution is 2.11. The molecule has 0 saturated carbocycles. The van der Waals surface area contributed by atoms with E-state index in [-0.39, 0.29) is 12.4 Å². The van der Waals surface area contributed by atoms with Crippen LogP contribution in [0.3, 0.4) is 0 Å². The van der Waals surface area contributed by atoms with E-state index in [0.717, 1.165) is 0 Å². The summed E-state index contributed by atoms with van der Waals surface area (Å²) in [5, 5.41) is 14.8. The molecule has 0 unspecified atom stereocenters. The SMILES string of the molecule is CC(C)(CNC(=O)c1nn[nH]n1)C(N)=O. The van der Waals surface area contributed by atoms with E-state index in [1.165, 1.54) is 0 Å². The first-order valence-electron chi connectivity index (χ1n) is 4.25. The molecule has 0 aliphatic carbocycles. The minimum atomic E-state index is -0.806. The van der Waals surface area contributed by atoms with E-state index < -0.39 is 17.2 Å². The number of nitrogens with one attached hydrogen (secondary N) is 2. The maximum absolute atomic E-state index is 11.3. The average Bonchev–Trinajstić information content (AvgIpc) is 2.66. The second-order valence-corrected chi connectivity index (χ2v) is 3.67. The summed E-state index contributed by atoms with van der Waals surface area (Å²) in [7, 11) is 0. The lowest BCUT2D eigenvalue weighted by atomic mass is 9.93. The van der Waals surface area contributed by atoms with Crippen LogP contribution in [0.5, 0.6) is 0 Å². The quantitative estimate of drug-likeness (QED) is 0.556. The van der Waals surface area contributed by atoms with Crippen LogP contribution in [-0.2, 0) is 4.79 Å². The fourth-order valence-corrected chi connectivity index (χ4v) is 0.725. The fourth-order valence-electron chi connectivity index (χ4n) is 0.725. The van der Waals surface area contributed by atoms with Crippen LogP contribution in [0.4, 0.5) is 0 Å². The summed E-state index contributed by atoms with van der Waals surface area (Å²) in [4.78, 5) is 22.3. The third kappa shape index (κ3) is 2.73. The van der Waals surface area contributed by atoms with Crippen molar-refractivity contribution in [1.29, 1.82) is 0 Å². The molecule has 0 saturated heterocycles. The first-order valence-corrected chi connectivity index (χ1v) is 4.25. The Morgan fingerprint density at radius 3 is 2.67 bits per heavy atom. The Morgan fingerprint density at radius 2 is 2.20 bits per heavy atom. The highest BCUT2D eigenvalue weighted by Gasteiger charge is 2.26. The first kappa shape index (κ1) is 11.1. The van der Waals surface area contributed by atoms with Gasteiger partial charge in [-0.05, 0) is 19.1 Å². The maximum Gasteiger partial charge on any atom is 0.292 e. The number of tetrazole rings is 1. The van der Waals surface area contributed by atoms with Gasteiger partial charge < -0.3 is 11.1 Å². The van der Waals surface area contributed by atoms with Crippen molar-refractivity contribution >= 4 is 11.8 Å². The zero-order chi connectivity index (χ0) is 11.5. The summed E-state index contributed by atoms with van der Waals surface area (Å²) >= 11 is 0. The van der Waals surface area contributed by atoms with Gasteiger partial charge in [-0.1, -0.05) is 0 Å². The van der Waals surface area contributed by atoms with Crippen LogP contribution < -0.4 is 11.1 Å². The predicted molar refractivity (Wildman–Crippen MR) is 49.5 cm³/mol. The molecule has 0 aliphatic rings. The van der Waals surface area contributed by atoms with Crippen molar-refractivity contribution in [2.75, 3.05) is 6.54 Å². The Hall–Kier alpha value is -1.99. The molecule has 4 N–H and O–H groups in total. The van der Waals surface area contributed by atoms with Gasteiger partial charge in [0.2, 0.25) is 5.91 Å². The molecule has 1 aromatic heterocycles. The van der Waals surface area contributed by atoms with Gasteiger partial charge in [0.1, 0.15) is 0 Å². The molecule has 1 aromatic rings. The molecule has 15 heavy (non-hydrogen) atoms. The topological polar surface area (TPSA) is 127 Å². The maximum atomic E-state index is 11.3. The van der Waals surface area contributed by atoms with Crippen LogP contribution in [0.2, 0.25) is 0 Å². The Kier molecular flexibility index (Phi) is 2.98. The second kappa shape index (κ2) is 4.03. The summed E-state index contributed by atoms with van der Waals surface area (Å²) in [5.74, 6) is -1.07. The molecule has 1 heterocycles. The zero-order valence-electron chi connectivity index (χ0n) is 8.44. The van der Waals surface area contributed by atoms with E-state index in [0.29, 0.717) is 0 Å². The molecule has 0 bridgehead atoms. The lowest BCUT2D eigenvalue weighted by molar-refractivity contribution is -0.125. The van der Waals surface area contributed by atoms with Crippen molar-refractivity contribution in [3.8, 4) is 0 Å². The van der Waals surface area contributed by atoms with E-state index in [1.807, 2.05) is 0 Å². The molecule has 1 rings (SSSR count). The second-order valence-electron chi connectivity index (χ2n) is 3.67. The molecule has 8 nitrogen and oxygen atoms in total. The van der Waals surface area contributed by atoms with Gasteiger partial charge in [-0.3, -0.25) is 9.59 Å². The van der Waals surface area contributed by atoms with Crippen molar-refractivity contribution < 1.29 is 9.59 Å². The third-order valence-corrected chi connectivity index (χ3v) is 1.91. The number of carbonyl (C=O) groups excluding carboxylic acids is 2. The minimum Gasteiger partial charge on any atom is -0.369 e. The minimum absolute atomic E-state index is 0.0738. The van der Waals surface area contributed by atoms with Gasteiger partial charge in [-0.25, -0.2) is 0 Å². The number of nitrogens with two attached hydrogens (primary N) is 1. The van der Waals surface area contributed by atoms with Crippen LogP contribution >= 0.6 is 0 Å². The van der Waals surface area contributed by atoms with E-state index in [4.69, 9.17) is 5.73 Å². The standard InChI is InChI=1S/C7H12N6O2/c1-7(2,6(8)15)3-9-5(14)4-10-12-13-11-4/h3H2,1-2H3,(H2,8,15)(H,9,14)(H,10,11,12,13). The molecule has 0 aliphatic heterocycles. The van der Waals surface area contributed by atoms with E-state index in [2.05, 4.69) is 25.9 Å². The van der Waals surface area contributed by atoms with Gasteiger partial charge >= 0.3 is 0 Å². The molecular formula is C7H12N6O2. The van der Waals surface area contributed by atoms with Gasteiger partial charge in [-0.2, -0.15) is 5.21 Å². The van der Waals surface area contributed by atoms with Gasteiger partial charge in [0, 0.05) is 6.54 Å². The third-order valence-electron chi connectivity index (χ3n) is 1.91. The van der Waals surface area contributed by atoms with E-state index >= 15 is 0 Å². The molecule has 0 fully saturated rings. The Bertz CT molecular complexity index is 358. The zero-order valence-corrected chi connectivity index (χ0v) is 8.44. The number of aromatic amines is 1. The summed E-state index contributed by atoms with van der Waals surface area (Å²) in [6.07, 6.45) is 0. The summed E-state index contributed by atoms with van der Waals surface area (Å²) in [6, 6.07) is 0. The lowest BCUT2D eigenvalue weighted by Gasteiger charge is -2.19.